The summed E-state index contributed by atoms with van der Waals surface area (Å²) in [4.78, 5) is 20.8. The van der Waals surface area contributed by atoms with E-state index in [1.807, 2.05) is 0 Å². The highest BCUT2D eigenvalue weighted by molar-refractivity contribution is 5.36. The maximum atomic E-state index is 11.8. The number of nitrogens with one attached hydrogen (secondary N) is 2. The van der Waals surface area contributed by atoms with Crippen molar-refractivity contribution in [1.82, 2.24) is 15.3 Å². The molecule has 2 N–H and O–H groups in total. The molecule has 22 heavy (non-hydrogen) atoms. The second-order valence-electron chi connectivity index (χ2n) is 6.73. The molecule has 2 rings (SSSR count). The SMILES string of the molecule is CC(C)(CCC#N)CNC1CCCN(c2ncc[nH]c2=O)C1. The Labute approximate surface area is 131 Å². The lowest BCUT2D eigenvalue weighted by Crippen LogP contribution is -2.49. The van der Waals surface area contributed by atoms with Crippen molar-refractivity contribution < 1.29 is 0 Å². The second-order valence-corrected chi connectivity index (χ2v) is 6.73. The van der Waals surface area contributed by atoms with E-state index < -0.39 is 0 Å². The van der Waals surface area contributed by atoms with Crippen LogP contribution in [0.25, 0.3) is 0 Å². The molecule has 1 fully saturated rings. The predicted octanol–water partition coefficient (Wildman–Crippen LogP) is 1.66. The fraction of sp³-hybridized carbons (Fsp3) is 0.688. The number of rotatable bonds is 6. The number of H-pyrrole nitrogens is 1. The molecule has 0 aromatic carbocycles. The van der Waals surface area contributed by atoms with Crippen molar-refractivity contribution >= 4 is 5.82 Å². The first-order valence-electron chi connectivity index (χ1n) is 7.91. The van der Waals surface area contributed by atoms with E-state index in [0.717, 1.165) is 38.9 Å². The van der Waals surface area contributed by atoms with E-state index in [9.17, 15) is 4.79 Å². The summed E-state index contributed by atoms with van der Waals surface area (Å²) in [6.45, 7) is 6.92. The van der Waals surface area contributed by atoms with Crippen molar-refractivity contribution in [2.75, 3.05) is 24.5 Å². The monoisotopic (exact) mass is 303 g/mol. The third-order valence-corrected chi connectivity index (χ3v) is 4.19. The summed E-state index contributed by atoms with van der Waals surface area (Å²) in [5.74, 6) is 0.512. The molecule has 1 aromatic rings. The van der Waals surface area contributed by atoms with E-state index in [1.54, 1.807) is 12.4 Å². The maximum Gasteiger partial charge on any atom is 0.290 e. The van der Waals surface area contributed by atoms with Crippen LogP contribution in [0.3, 0.4) is 0 Å². The molecule has 2 heterocycles. The molecule has 0 radical (unpaired) electrons. The molecule has 1 aliphatic rings. The molecule has 6 heteroatoms. The molecular weight excluding hydrogens is 278 g/mol. The lowest BCUT2D eigenvalue weighted by molar-refractivity contribution is 0.287. The Kier molecular flexibility index (Phi) is 5.56. The standard InChI is InChI=1S/C16H25N5O/c1-16(2,6-4-7-17)12-20-13-5-3-10-21(11-13)14-15(22)19-9-8-18-14/h8-9,13,20H,3-6,10-12H2,1-2H3,(H,19,22). The van der Waals surface area contributed by atoms with Gasteiger partial charge < -0.3 is 15.2 Å². The van der Waals surface area contributed by atoms with Gasteiger partial charge in [-0.2, -0.15) is 5.26 Å². The van der Waals surface area contributed by atoms with Gasteiger partial charge in [-0.25, -0.2) is 4.98 Å². The van der Waals surface area contributed by atoms with Crippen LogP contribution in [0.5, 0.6) is 0 Å². The highest BCUT2D eigenvalue weighted by Gasteiger charge is 2.25. The van der Waals surface area contributed by atoms with Gasteiger partial charge >= 0.3 is 0 Å². The van der Waals surface area contributed by atoms with Crippen molar-refractivity contribution in [3.63, 3.8) is 0 Å². The van der Waals surface area contributed by atoms with Gasteiger partial charge in [-0.15, -0.1) is 0 Å². The van der Waals surface area contributed by atoms with Crippen molar-refractivity contribution in [2.45, 2.75) is 45.6 Å². The van der Waals surface area contributed by atoms with E-state index in [4.69, 9.17) is 5.26 Å². The summed E-state index contributed by atoms with van der Waals surface area (Å²) in [6.07, 6.45) is 6.82. The van der Waals surface area contributed by atoms with Gasteiger partial charge in [0.05, 0.1) is 6.07 Å². The average molecular weight is 303 g/mol. The van der Waals surface area contributed by atoms with Crippen LogP contribution in [0.2, 0.25) is 0 Å². The van der Waals surface area contributed by atoms with Crippen LogP contribution in [-0.4, -0.2) is 35.6 Å². The number of nitrogens with zero attached hydrogens (tertiary/aromatic N) is 3. The van der Waals surface area contributed by atoms with Gasteiger partial charge in [0.1, 0.15) is 0 Å². The zero-order valence-electron chi connectivity index (χ0n) is 13.4. The fourth-order valence-corrected chi connectivity index (χ4v) is 2.81. The summed E-state index contributed by atoms with van der Waals surface area (Å²) >= 11 is 0. The van der Waals surface area contributed by atoms with Gasteiger partial charge in [-0.05, 0) is 24.7 Å². The first kappa shape index (κ1) is 16.5. The highest BCUT2D eigenvalue weighted by Crippen LogP contribution is 2.22. The zero-order valence-corrected chi connectivity index (χ0v) is 13.4. The zero-order chi connectivity index (χ0) is 16.0. The fourth-order valence-electron chi connectivity index (χ4n) is 2.81. The number of hydrogen-bond acceptors (Lipinski definition) is 5. The molecule has 1 aliphatic heterocycles. The summed E-state index contributed by atoms with van der Waals surface area (Å²) in [6, 6.07) is 2.57. The second kappa shape index (κ2) is 7.41. The molecule has 6 nitrogen and oxygen atoms in total. The molecule has 0 spiro atoms. The third-order valence-electron chi connectivity index (χ3n) is 4.19. The Morgan fingerprint density at radius 3 is 3.14 bits per heavy atom. The molecule has 1 saturated heterocycles. The number of aromatic nitrogens is 2. The lowest BCUT2D eigenvalue weighted by atomic mass is 9.87. The molecule has 0 amide bonds. The number of anilines is 1. The van der Waals surface area contributed by atoms with Gasteiger partial charge in [0.2, 0.25) is 0 Å². The van der Waals surface area contributed by atoms with Crippen LogP contribution < -0.4 is 15.8 Å². The molecule has 1 atom stereocenters. The summed E-state index contributed by atoms with van der Waals surface area (Å²) in [5, 5.41) is 12.3. The third kappa shape index (κ3) is 4.57. The van der Waals surface area contributed by atoms with Gasteiger partial charge in [-0.1, -0.05) is 13.8 Å². The van der Waals surface area contributed by atoms with Gasteiger partial charge in [0.15, 0.2) is 5.82 Å². The Morgan fingerprint density at radius 1 is 1.59 bits per heavy atom. The van der Waals surface area contributed by atoms with Crippen LogP contribution in [0.1, 0.15) is 39.5 Å². The van der Waals surface area contributed by atoms with Crippen molar-refractivity contribution in [1.29, 1.82) is 5.26 Å². The van der Waals surface area contributed by atoms with E-state index in [-0.39, 0.29) is 11.0 Å². The number of aromatic amines is 1. The van der Waals surface area contributed by atoms with E-state index in [0.29, 0.717) is 18.3 Å². The largest absolute Gasteiger partial charge is 0.350 e. The van der Waals surface area contributed by atoms with Gasteiger partial charge in [0, 0.05) is 44.5 Å². The van der Waals surface area contributed by atoms with Crippen LogP contribution >= 0.6 is 0 Å². The summed E-state index contributed by atoms with van der Waals surface area (Å²) in [5.41, 5.74) is -0.0157. The van der Waals surface area contributed by atoms with Crippen LogP contribution in [0.4, 0.5) is 5.82 Å². The Morgan fingerprint density at radius 2 is 2.41 bits per heavy atom. The average Bonchev–Trinajstić information content (AvgIpc) is 2.52. The van der Waals surface area contributed by atoms with E-state index in [2.05, 4.69) is 40.1 Å². The number of hydrogen-bond donors (Lipinski definition) is 2. The Hall–Kier alpha value is -1.87. The maximum absolute atomic E-state index is 11.8. The molecule has 0 saturated carbocycles. The minimum absolute atomic E-state index is 0.112. The molecule has 0 aliphatic carbocycles. The van der Waals surface area contributed by atoms with Crippen molar-refractivity contribution in [2.24, 2.45) is 5.41 Å². The summed E-state index contributed by atoms with van der Waals surface area (Å²) in [7, 11) is 0. The van der Waals surface area contributed by atoms with Crippen molar-refractivity contribution in [3.8, 4) is 6.07 Å². The van der Waals surface area contributed by atoms with E-state index >= 15 is 0 Å². The normalized spacial score (nSPS) is 19.0. The molecule has 1 aromatic heterocycles. The summed E-state index contributed by atoms with van der Waals surface area (Å²) < 4.78 is 0. The minimum Gasteiger partial charge on any atom is -0.350 e. The van der Waals surface area contributed by atoms with Gasteiger partial charge in [-0.3, -0.25) is 4.79 Å². The van der Waals surface area contributed by atoms with Crippen LogP contribution in [0.15, 0.2) is 17.2 Å². The first-order valence-corrected chi connectivity index (χ1v) is 7.91. The van der Waals surface area contributed by atoms with Crippen LogP contribution in [-0.2, 0) is 0 Å². The minimum atomic E-state index is -0.127. The molecule has 1 unspecified atom stereocenters. The first-order chi connectivity index (χ1) is 10.5. The molecular formula is C16H25N5O. The predicted molar refractivity (Wildman–Crippen MR) is 86.7 cm³/mol. The smallest absolute Gasteiger partial charge is 0.290 e. The number of nitriles is 1. The topological polar surface area (TPSA) is 84.8 Å². The van der Waals surface area contributed by atoms with E-state index in [1.165, 1.54) is 0 Å². The quantitative estimate of drug-likeness (QED) is 0.835. The molecule has 120 valence electrons. The van der Waals surface area contributed by atoms with Crippen LogP contribution in [0, 0.1) is 16.7 Å². The Bertz CT molecular complexity index is 574. The number of piperidine rings is 1. The van der Waals surface area contributed by atoms with Crippen molar-refractivity contribution in [3.05, 3.63) is 22.7 Å². The molecule has 0 bridgehead atoms. The van der Waals surface area contributed by atoms with Gasteiger partial charge in [0.25, 0.3) is 5.56 Å². The lowest BCUT2D eigenvalue weighted by Gasteiger charge is -2.35. The Balaban J connectivity index is 1.90. The highest BCUT2D eigenvalue weighted by atomic mass is 16.1.